The van der Waals surface area contributed by atoms with Crippen LogP contribution in [0.2, 0.25) is 0 Å². The van der Waals surface area contributed by atoms with E-state index in [1.54, 1.807) is 11.3 Å². The Kier molecular flexibility index (Phi) is 3.83. The Morgan fingerprint density at radius 1 is 1.25 bits per heavy atom. The van der Waals surface area contributed by atoms with E-state index < -0.39 is 0 Å². The lowest BCUT2D eigenvalue weighted by Crippen LogP contribution is -2.38. The van der Waals surface area contributed by atoms with Crippen molar-refractivity contribution in [2.75, 3.05) is 26.2 Å². The van der Waals surface area contributed by atoms with Gasteiger partial charge in [0, 0.05) is 41.6 Å². The van der Waals surface area contributed by atoms with E-state index >= 15 is 0 Å². The summed E-state index contributed by atoms with van der Waals surface area (Å²) in [4.78, 5) is 29.6. The van der Waals surface area contributed by atoms with Crippen molar-refractivity contribution in [3.8, 4) is 0 Å². The van der Waals surface area contributed by atoms with Crippen LogP contribution >= 0.6 is 11.3 Å². The minimum absolute atomic E-state index is 0.0751. The Morgan fingerprint density at radius 3 is 2.88 bits per heavy atom. The van der Waals surface area contributed by atoms with E-state index in [1.807, 2.05) is 39.4 Å². The lowest BCUT2D eigenvalue weighted by Gasteiger charge is -2.23. The van der Waals surface area contributed by atoms with E-state index in [4.69, 9.17) is 0 Å². The highest BCUT2D eigenvalue weighted by atomic mass is 32.1. The Balaban J connectivity index is 1.55. The highest BCUT2D eigenvalue weighted by Crippen LogP contribution is 2.41. The molecule has 0 bridgehead atoms. The van der Waals surface area contributed by atoms with Crippen LogP contribution < -0.4 is 0 Å². The van der Waals surface area contributed by atoms with Gasteiger partial charge in [0.1, 0.15) is 0 Å². The van der Waals surface area contributed by atoms with Gasteiger partial charge in [0.25, 0.3) is 5.91 Å². The molecule has 5 heteroatoms. The van der Waals surface area contributed by atoms with Crippen molar-refractivity contribution in [3.05, 3.63) is 35.2 Å². The Bertz CT molecular complexity index is 800. The molecule has 0 saturated carbocycles. The van der Waals surface area contributed by atoms with Crippen LogP contribution in [0.3, 0.4) is 0 Å². The second-order valence-electron chi connectivity index (χ2n) is 6.94. The zero-order chi connectivity index (χ0) is 16.7. The summed E-state index contributed by atoms with van der Waals surface area (Å²) in [6, 6.07) is 8.03. The van der Waals surface area contributed by atoms with Crippen LogP contribution in [-0.2, 0) is 4.79 Å². The van der Waals surface area contributed by atoms with Crippen molar-refractivity contribution < 1.29 is 9.59 Å². The fourth-order valence-corrected chi connectivity index (χ4v) is 5.05. The summed E-state index contributed by atoms with van der Waals surface area (Å²) in [6.07, 6.45) is 2.69. The van der Waals surface area contributed by atoms with Gasteiger partial charge in [-0.25, -0.2) is 0 Å². The van der Waals surface area contributed by atoms with Crippen LogP contribution in [0.25, 0.3) is 10.1 Å². The summed E-state index contributed by atoms with van der Waals surface area (Å²) in [5.41, 5.74) is 0.458. The predicted molar refractivity (Wildman–Crippen MR) is 96.3 cm³/mol. The molecule has 1 aromatic carbocycles. The van der Waals surface area contributed by atoms with E-state index in [1.165, 1.54) is 0 Å². The molecule has 0 aliphatic carbocycles. The molecule has 0 radical (unpaired) electrons. The molecule has 2 aliphatic rings. The largest absolute Gasteiger partial charge is 0.342 e. The number of thiophene rings is 1. The number of benzene rings is 1. The molecule has 2 fully saturated rings. The highest BCUT2D eigenvalue weighted by molar-refractivity contribution is 7.17. The zero-order valence-electron chi connectivity index (χ0n) is 14.0. The topological polar surface area (TPSA) is 40.6 Å². The number of hydrogen-bond donors (Lipinski definition) is 0. The maximum atomic E-state index is 13.0. The van der Waals surface area contributed by atoms with Gasteiger partial charge >= 0.3 is 0 Å². The van der Waals surface area contributed by atoms with Gasteiger partial charge in [0.05, 0.1) is 11.0 Å². The number of likely N-dealkylation sites (tertiary alicyclic amines) is 2. The quantitative estimate of drug-likeness (QED) is 0.858. The molecule has 1 unspecified atom stereocenters. The van der Waals surface area contributed by atoms with Crippen molar-refractivity contribution in [1.82, 2.24) is 9.80 Å². The minimum atomic E-state index is -0.323. The maximum Gasteiger partial charge on any atom is 0.255 e. The number of amides is 2. The van der Waals surface area contributed by atoms with E-state index in [2.05, 4.69) is 6.92 Å². The van der Waals surface area contributed by atoms with Gasteiger partial charge in [-0.3, -0.25) is 9.59 Å². The molecular formula is C19H22N2O2S. The van der Waals surface area contributed by atoms with Gasteiger partial charge in [-0.2, -0.15) is 0 Å². The van der Waals surface area contributed by atoms with Crippen LogP contribution in [0.5, 0.6) is 0 Å². The van der Waals surface area contributed by atoms with Gasteiger partial charge in [0.2, 0.25) is 5.91 Å². The molecule has 1 aromatic heterocycles. The molecule has 2 saturated heterocycles. The Labute approximate surface area is 146 Å². The molecule has 4 nitrogen and oxygen atoms in total. The van der Waals surface area contributed by atoms with E-state index in [0.717, 1.165) is 48.0 Å². The normalized spacial score (nSPS) is 23.8. The molecule has 1 atom stereocenters. The number of rotatable bonds is 3. The van der Waals surface area contributed by atoms with Crippen molar-refractivity contribution >= 4 is 33.2 Å². The zero-order valence-corrected chi connectivity index (χ0v) is 14.8. The Morgan fingerprint density at radius 2 is 2.04 bits per heavy atom. The number of fused-ring (bicyclic) bond motifs is 1. The first-order valence-corrected chi connectivity index (χ1v) is 9.57. The van der Waals surface area contributed by atoms with Crippen molar-refractivity contribution in [3.63, 3.8) is 0 Å². The lowest BCUT2D eigenvalue weighted by molar-refractivity contribution is -0.135. The summed E-state index contributed by atoms with van der Waals surface area (Å²) in [7, 11) is 0. The molecule has 0 N–H and O–H groups in total. The number of carbonyl (C=O) groups excluding carboxylic acids is 2. The molecular weight excluding hydrogens is 320 g/mol. The monoisotopic (exact) mass is 342 g/mol. The lowest BCUT2D eigenvalue weighted by atomic mass is 9.85. The van der Waals surface area contributed by atoms with Crippen molar-refractivity contribution in [2.24, 2.45) is 5.41 Å². The average molecular weight is 342 g/mol. The fourth-order valence-electron chi connectivity index (χ4n) is 4.11. The molecule has 2 aliphatic heterocycles. The van der Waals surface area contributed by atoms with E-state index in [-0.39, 0.29) is 17.2 Å². The van der Waals surface area contributed by atoms with Crippen LogP contribution in [-0.4, -0.2) is 47.8 Å². The first kappa shape index (κ1) is 15.6. The Hall–Kier alpha value is -1.88. The standard InChI is InChI=1S/C19H22N2O2S/c1-2-9-20-10-7-19(18(20)23)8-11-21(13-19)17(22)15-12-24-16-6-4-3-5-14(15)16/h3-6,12H,2,7-11,13H2,1H3. The molecule has 1 spiro atoms. The summed E-state index contributed by atoms with van der Waals surface area (Å²) in [5.74, 6) is 0.334. The second-order valence-corrected chi connectivity index (χ2v) is 7.86. The summed E-state index contributed by atoms with van der Waals surface area (Å²) in [5, 5.41) is 2.98. The first-order valence-electron chi connectivity index (χ1n) is 8.69. The molecule has 126 valence electrons. The van der Waals surface area contributed by atoms with Gasteiger partial charge in [0.15, 0.2) is 0 Å². The van der Waals surface area contributed by atoms with E-state index in [9.17, 15) is 9.59 Å². The summed E-state index contributed by atoms with van der Waals surface area (Å²) < 4.78 is 1.14. The molecule has 2 aromatic rings. The molecule has 24 heavy (non-hydrogen) atoms. The van der Waals surface area contributed by atoms with Gasteiger partial charge in [-0.15, -0.1) is 11.3 Å². The molecule has 2 amide bonds. The number of nitrogens with zero attached hydrogens (tertiary/aromatic N) is 2. The second kappa shape index (κ2) is 5.88. The van der Waals surface area contributed by atoms with Crippen LogP contribution in [0.4, 0.5) is 0 Å². The van der Waals surface area contributed by atoms with Crippen LogP contribution in [0, 0.1) is 5.41 Å². The third-order valence-corrected chi connectivity index (χ3v) is 6.41. The number of carbonyl (C=O) groups is 2. The average Bonchev–Trinajstić information content (AvgIpc) is 3.29. The predicted octanol–water partition coefficient (Wildman–Crippen LogP) is 3.38. The highest BCUT2D eigenvalue weighted by Gasteiger charge is 2.51. The maximum absolute atomic E-state index is 13.0. The smallest absolute Gasteiger partial charge is 0.255 e. The first-order chi connectivity index (χ1) is 11.6. The fraction of sp³-hybridized carbons (Fsp3) is 0.474. The van der Waals surface area contributed by atoms with Crippen LogP contribution in [0.1, 0.15) is 36.5 Å². The third kappa shape index (κ3) is 2.34. The molecule has 4 rings (SSSR count). The number of hydrogen-bond acceptors (Lipinski definition) is 3. The van der Waals surface area contributed by atoms with Gasteiger partial charge in [-0.05, 0) is 25.3 Å². The van der Waals surface area contributed by atoms with Crippen LogP contribution in [0.15, 0.2) is 29.6 Å². The van der Waals surface area contributed by atoms with E-state index in [0.29, 0.717) is 13.1 Å². The summed E-state index contributed by atoms with van der Waals surface area (Å²) >= 11 is 1.61. The SMILES string of the molecule is CCCN1CCC2(CCN(C(=O)c3csc4ccccc34)C2)C1=O. The van der Waals surface area contributed by atoms with Gasteiger partial charge in [-0.1, -0.05) is 25.1 Å². The van der Waals surface area contributed by atoms with Gasteiger partial charge < -0.3 is 9.80 Å². The summed E-state index contributed by atoms with van der Waals surface area (Å²) in [6.45, 7) is 5.05. The van der Waals surface area contributed by atoms with Crippen molar-refractivity contribution in [2.45, 2.75) is 26.2 Å². The third-order valence-electron chi connectivity index (χ3n) is 5.45. The molecule has 3 heterocycles. The van der Waals surface area contributed by atoms with Crippen molar-refractivity contribution in [1.29, 1.82) is 0 Å². The minimum Gasteiger partial charge on any atom is -0.342 e.